The summed E-state index contributed by atoms with van der Waals surface area (Å²) in [5.41, 5.74) is -1.28. The summed E-state index contributed by atoms with van der Waals surface area (Å²) in [5.74, 6) is -2.45. The van der Waals surface area contributed by atoms with E-state index >= 15 is 0 Å². The quantitative estimate of drug-likeness (QED) is 0.427. The number of hydrogen-bond acceptors (Lipinski definition) is 7. The summed E-state index contributed by atoms with van der Waals surface area (Å²) in [6, 6.07) is 8.63. The molecule has 0 unspecified atom stereocenters. The van der Waals surface area contributed by atoms with Gasteiger partial charge in [0, 0.05) is 30.6 Å². The molecule has 3 N–H and O–H groups in total. The predicted octanol–water partition coefficient (Wildman–Crippen LogP) is 3.82. The van der Waals surface area contributed by atoms with E-state index < -0.39 is 59.2 Å². The number of aliphatic hydroxyl groups is 3. The van der Waals surface area contributed by atoms with Gasteiger partial charge in [0.15, 0.2) is 0 Å². The fourth-order valence-corrected chi connectivity index (χ4v) is 5.46. The lowest BCUT2D eigenvalue weighted by Gasteiger charge is -2.40. The van der Waals surface area contributed by atoms with E-state index in [0.717, 1.165) is 0 Å². The van der Waals surface area contributed by atoms with Crippen LogP contribution in [0.15, 0.2) is 54.1 Å². The van der Waals surface area contributed by atoms with Crippen molar-refractivity contribution in [3.05, 3.63) is 59.7 Å². The Morgan fingerprint density at radius 2 is 1.69 bits per heavy atom. The number of benzene rings is 1. The Morgan fingerprint density at radius 1 is 1.06 bits per heavy atom. The van der Waals surface area contributed by atoms with Gasteiger partial charge in [0.2, 0.25) is 0 Å². The largest absolute Gasteiger partial charge is 0.459 e. The van der Waals surface area contributed by atoms with E-state index in [0.29, 0.717) is 11.1 Å². The minimum atomic E-state index is -1.56. The van der Waals surface area contributed by atoms with Crippen LogP contribution in [0.25, 0.3) is 0 Å². The van der Waals surface area contributed by atoms with Crippen LogP contribution in [-0.4, -0.2) is 57.3 Å². The van der Waals surface area contributed by atoms with Crippen LogP contribution in [0.2, 0.25) is 0 Å². The van der Waals surface area contributed by atoms with E-state index in [9.17, 15) is 24.9 Å². The smallest absolute Gasteiger partial charge is 0.338 e. The normalized spacial score (nSPS) is 38.9. The minimum absolute atomic E-state index is 0.108. The highest BCUT2D eigenvalue weighted by atomic mass is 16.6. The zero-order valence-corrected chi connectivity index (χ0v) is 22.0. The van der Waals surface area contributed by atoms with Crippen molar-refractivity contribution in [1.82, 2.24) is 0 Å². The monoisotopic (exact) mass is 500 g/mol. The Hall–Kier alpha value is -2.48. The molecular formula is C29H40O7. The Labute approximate surface area is 213 Å². The molecule has 1 fully saturated rings. The zero-order chi connectivity index (χ0) is 26.8. The average molecular weight is 501 g/mol. The SMILES string of the molecule is CC(=O)O[C@H]1[C@@H](C)/C=C\C(C)(C)[C@H](O)C[C@@H](O)/C(C)=C/[C@H]2[C@@H](OC(=O)c3ccccc3)[C@@H](C)C[C@@]21O. The number of carbonyl (C=O) groups is 2. The lowest BCUT2D eigenvalue weighted by Crippen LogP contribution is -2.52. The molecule has 1 aromatic rings. The topological polar surface area (TPSA) is 113 Å². The van der Waals surface area contributed by atoms with Gasteiger partial charge in [0.05, 0.1) is 17.8 Å². The fourth-order valence-electron chi connectivity index (χ4n) is 5.46. The number of aliphatic hydroxyl groups excluding tert-OH is 2. The highest BCUT2D eigenvalue weighted by Gasteiger charge is 2.58. The van der Waals surface area contributed by atoms with Crippen LogP contribution in [0, 0.1) is 23.2 Å². The Bertz CT molecular complexity index is 998. The van der Waals surface area contributed by atoms with E-state index in [1.807, 2.05) is 45.9 Å². The molecule has 7 heteroatoms. The first-order valence-electron chi connectivity index (χ1n) is 12.7. The molecule has 0 amide bonds. The molecule has 36 heavy (non-hydrogen) atoms. The molecular weight excluding hydrogens is 460 g/mol. The highest BCUT2D eigenvalue weighted by molar-refractivity contribution is 5.89. The number of fused-ring (bicyclic) bond motifs is 1. The molecule has 1 saturated carbocycles. The van der Waals surface area contributed by atoms with Crippen LogP contribution in [0.1, 0.15) is 64.7 Å². The molecule has 0 saturated heterocycles. The number of carbonyl (C=O) groups excluding carboxylic acids is 2. The lowest BCUT2D eigenvalue weighted by atomic mass is 9.75. The van der Waals surface area contributed by atoms with E-state index in [1.54, 1.807) is 37.3 Å². The van der Waals surface area contributed by atoms with E-state index in [4.69, 9.17) is 9.47 Å². The minimum Gasteiger partial charge on any atom is -0.459 e. The first kappa shape index (κ1) is 28.1. The van der Waals surface area contributed by atoms with Crippen molar-refractivity contribution in [2.24, 2.45) is 23.2 Å². The average Bonchev–Trinajstić information content (AvgIpc) is 3.05. The zero-order valence-electron chi connectivity index (χ0n) is 22.0. The molecule has 1 aromatic carbocycles. The molecule has 0 radical (unpaired) electrons. The van der Waals surface area contributed by atoms with Crippen LogP contribution in [0.4, 0.5) is 0 Å². The van der Waals surface area contributed by atoms with Gasteiger partial charge >= 0.3 is 11.9 Å². The maximum atomic E-state index is 13.0. The number of ether oxygens (including phenoxy) is 2. The predicted molar refractivity (Wildman–Crippen MR) is 136 cm³/mol. The molecule has 0 spiro atoms. The van der Waals surface area contributed by atoms with E-state index in [2.05, 4.69) is 0 Å². The van der Waals surface area contributed by atoms with Gasteiger partial charge in [0.25, 0.3) is 0 Å². The summed E-state index contributed by atoms with van der Waals surface area (Å²) in [7, 11) is 0. The Balaban J connectivity index is 2.10. The lowest BCUT2D eigenvalue weighted by molar-refractivity contribution is -0.173. The van der Waals surface area contributed by atoms with Crippen molar-refractivity contribution in [1.29, 1.82) is 0 Å². The van der Waals surface area contributed by atoms with Crippen LogP contribution in [-0.2, 0) is 14.3 Å². The van der Waals surface area contributed by atoms with Gasteiger partial charge < -0.3 is 24.8 Å². The van der Waals surface area contributed by atoms with Gasteiger partial charge in [0.1, 0.15) is 17.8 Å². The van der Waals surface area contributed by atoms with Gasteiger partial charge in [-0.1, -0.05) is 64.1 Å². The molecule has 198 valence electrons. The number of esters is 2. The van der Waals surface area contributed by atoms with Crippen molar-refractivity contribution >= 4 is 11.9 Å². The summed E-state index contributed by atoms with van der Waals surface area (Å²) >= 11 is 0. The van der Waals surface area contributed by atoms with Crippen molar-refractivity contribution in [2.45, 2.75) is 84.4 Å². The third-order valence-corrected chi connectivity index (χ3v) is 7.76. The fraction of sp³-hybridized carbons (Fsp3) is 0.586. The standard InChI is InChI=1S/C29H40O7/c1-17-12-13-28(5,6)24(32)15-23(31)18(2)14-22-25(36-27(33)21-10-8-7-9-11-21)19(3)16-29(22,34)26(17)35-20(4)30/h7-14,17,19,22-26,31-32,34H,15-16H2,1-6H3/b13-12-,18-14+/t17-,19-,22-,23+,24+,25-,26-,29+/m0/s1. The summed E-state index contributed by atoms with van der Waals surface area (Å²) in [5, 5.41) is 34.0. The molecule has 0 aliphatic heterocycles. The van der Waals surface area contributed by atoms with Gasteiger partial charge in [-0.05, 0) is 37.0 Å². The first-order chi connectivity index (χ1) is 16.8. The van der Waals surface area contributed by atoms with Crippen LogP contribution >= 0.6 is 0 Å². The Morgan fingerprint density at radius 3 is 2.31 bits per heavy atom. The summed E-state index contributed by atoms with van der Waals surface area (Å²) in [6.45, 7) is 10.5. The summed E-state index contributed by atoms with van der Waals surface area (Å²) in [6.07, 6.45) is 2.28. The molecule has 3 rings (SSSR count). The summed E-state index contributed by atoms with van der Waals surface area (Å²) < 4.78 is 11.7. The van der Waals surface area contributed by atoms with Gasteiger partial charge in [-0.3, -0.25) is 4.79 Å². The molecule has 2 aliphatic rings. The van der Waals surface area contributed by atoms with Crippen LogP contribution in [0.5, 0.6) is 0 Å². The molecule has 0 aromatic heterocycles. The van der Waals surface area contributed by atoms with Crippen LogP contribution < -0.4 is 0 Å². The third-order valence-electron chi connectivity index (χ3n) is 7.76. The third kappa shape index (κ3) is 5.90. The van der Waals surface area contributed by atoms with Crippen molar-refractivity contribution in [2.75, 3.05) is 0 Å². The second-order valence-corrected chi connectivity index (χ2v) is 11.2. The maximum absolute atomic E-state index is 13.0. The second-order valence-electron chi connectivity index (χ2n) is 11.2. The molecule has 7 nitrogen and oxygen atoms in total. The molecule has 2 aliphatic carbocycles. The van der Waals surface area contributed by atoms with E-state index in [-0.39, 0.29) is 18.8 Å². The molecule has 0 heterocycles. The van der Waals surface area contributed by atoms with Gasteiger partial charge in [-0.25, -0.2) is 4.79 Å². The van der Waals surface area contributed by atoms with Crippen LogP contribution in [0.3, 0.4) is 0 Å². The van der Waals surface area contributed by atoms with Crippen molar-refractivity contribution in [3.63, 3.8) is 0 Å². The molecule has 8 atom stereocenters. The Kier molecular flexibility index (Phi) is 8.48. The van der Waals surface area contributed by atoms with Crippen molar-refractivity contribution in [3.8, 4) is 0 Å². The molecule has 0 bridgehead atoms. The second kappa shape index (κ2) is 10.9. The first-order valence-corrected chi connectivity index (χ1v) is 12.7. The summed E-state index contributed by atoms with van der Waals surface area (Å²) in [4.78, 5) is 25.1. The highest BCUT2D eigenvalue weighted by Crippen LogP contribution is 2.48. The number of rotatable bonds is 3. The number of hydrogen-bond donors (Lipinski definition) is 3. The van der Waals surface area contributed by atoms with Gasteiger partial charge in [-0.2, -0.15) is 0 Å². The van der Waals surface area contributed by atoms with Crippen molar-refractivity contribution < 1.29 is 34.4 Å². The maximum Gasteiger partial charge on any atom is 0.338 e. The van der Waals surface area contributed by atoms with E-state index in [1.165, 1.54) is 6.92 Å². The van der Waals surface area contributed by atoms with Gasteiger partial charge in [-0.15, -0.1) is 0 Å².